The van der Waals surface area contributed by atoms with Crippen LogP contribution in [0.25, 0.3) is 0 Å². The van der Waals surface area contributed by atoms with Crippen molar-refractivity contribution in [2.45, 2.75) is 72.8 Å². The van der Waals surface area contributed by atoms with Crippen LogP contribution in [0.5, 0.6) is 11.5 Å². The zero-order valence-corrected chi connectivity index (χ0v) is 24.7. The zero-order valence-electron chi connectivity index (χ0n) is 23.2. The molecule has 0 atom stereocenters. The van der Waals surface area contributed by atoms with Gasteiger partial charge in [0.25, 0.3) is 0 Å². The number of carbonyl (C=O) groups is 2. The largest absolute Gasteiger partial charge is 0.490 e. The first kappa shape index (κ1) is 27.8. The maximum absolute atomic E-state index is 13.7. The van der Waals surface area contributed by atoms with E-state index in [1.165, 1.54) is 0 Å². The summed E-state index contributed by atoms with van der Waals surface area (Å²) in [6, 6.07) is 11.2. The second-order valence-corrected chi connectivity index (χ2v) is 13.2. The Morgan fingerprint density at radius 3 is 2.00 bits per heavy atom. The van der Waals surface area contributed by atoms with Crippen LogP contribution in [0.15, 0.2) is 58.9 Å². The molecule has 1 aliphatic heterocycles. The normalized spacial score (nSPS) is 20.4. The number of carbonyl (C=O) groups excluding carboxylic acids is 2. The summed E-state index contributed by atoms with van der Waals surface area (Å²) in [5.74, 6) is 0.513. The fraction of sp³-hybridized carbons (Fsp3) is 0.438. The van der Waals surface area contributed by atoms with Gasteiger partial charge in [-0.1, -0.05) is 69.1 Å². The summed E-state index contributed by atoms with van der Waals surface area (Å²) in [7, 11) is 0. The molecule has 3 aliphatic rings. The molecule has 2 aromatic rings. The number of ether oxygens (including phenoxy) is 2. The first-order valence-electron chi connectivity index (χ1n) is 13.5. The van der Waals surface area contributed by atoms with Crippen molar-refractivity contribution in [3.63, 3.8) is 0 Å². The van der Waals surface area contributed by atoms with Crippen LogP contribution in [0.1, 0.15) is 77.3 Å². The quantitative estimate of drug-likeness (QED) is 0.383. The molecule has 1 heterocycles. The van der Waals surface area contributed by atoms with Gasteiger partial charge in [0.1, 0.15) is 6.61 Å². The molecule has 0 amide bonds. The Hall–Kier alpha value is -2.76. The van der Waals surface area contributed by atoms with Crippen molar-refractivity contribution in [2.75, 3.05) is 6.61 Å². The Labute approximate surface area is 240 Å². The van der Waals surface area contributed by atoms with Crippen LogP contribution >= 0.6 is 23.2 Å². The summed E-state index contributed by atoms with van der Waals surface area (Å²) in [5.41, 5.74) is 4.44. The van der Waals surface area contributed by atoms with Gasteiger partial charge in [-0.05, 0) is 54.4 Å². The van der Waals surface area contributed by atoms with E-state index in [-0.39, 0.29) is 29.0 Å². The van der Waals surface area contributed by atoms with Crippen molar-refractivity contribution in [3.8, 4) is 11.5 Å². The van der Waals surface area contributed by atoms with Crippen molar-refractivity contribution in [1.82, 2.24) is 5.32 Å². The summed E-state index contributed by atoms with van der Waals surface area (Å²) >= 11 is 13.2. The van der Waals surface area contributed by atoms with Gasteiger partial charge >= 0.3 is 0 Å². The predicted molar refractivity (Wildman–Crippen MR) is 154 cm³/mol. The molecule has 0 saturated heterocycles. The number of allylic oxidation sites excluding steroid dienone is 4. The number of nitrogens with one attached hydrogen (secondary N) is 1. The number of hydrogen-bond acceptors (Lipinski definition) is 5. The van der Waals surface area contributed by atoms with E-state index < -0.39 is 5.92 Å². The lowest BCUT2D eigenvalue weighted by molar-refractivity contribution is -0.119. The van der Waals surface area contributed by atoms with E-state index in [2.05, 4.69) is 33.0 Å². The number of rotatable bonds is 6. The van der Waals surface area contributed by atoms with Gasteiger partial charge < -0.3 is 14.8 Å². The highest BCUT2D eigenvalue weighted by Crippen LogP contribution is 2.52. The summed E-state index contributed by atoms with van der Waals surface area (Å²) in [5, 5.41) is 4.52. The lowest BCUT2D eigenvalue weighted by Crippen LogP contribution is -2.42. The van der Waals surface area contributed by atoms with Crippen LogP contribution in [-0.4, -0.2) is 18.2 Å². The van der Waals surface area contributed by atoms with Crippen LogP contribution in [0.3, 0.4) is 0 Å². The zero-order chi connectivity index (χ0) is 28.1. The lowest BCUT2D eigenvalue weighted by atomic mass is 9.64. The van der Waals surface area contributed by atoms with Gasteiger partial charge in [0.2, 0.25) is 0 Å². The van der Waals surface area contributed by atoms with Crippen LogP contribution in [-0.2, 0) is 16.2 Å². The number of dihydropyridines is 1. The molecular formula is C32H35Cl2NO4. The molecule has 2 aromatic carbocycles. The van der Waals surface area contributed by atoms with E-state index in [1.54, 1.807) is 0 Å². The molecule has 39 heavy (non-hydrogen) atoms. The second-order valence-electron chi connectivity index (χ2n) is 12.4. The predicted octanol–water partition coefficient (Wildman–Crippen LogP) is 7.94. The van der Waals surface area contributed by atoms with Crippen LogP contribution in [0.2, 0.25) is 10.0 Å². The lowest BCUT2D eigenvalue weighted by Gasteiger charge is -2.44. The van der Waals surface area contributed by atoms with Crippen molar-refractivity contribution < 1.29 is 19.1 Å². The van der Waals surface area contributed by atoms with E-state index in [9.17, 15) is 9.59 Å². The van der Waals surface area contributed by atoms with Crippen LogP contribution < -0.4 is 14.8 Å². The smallest absolute Gasteiger partial charge is 0.180 e. The molecule has 0 fully saturated rings. The van der Waals surface area contributed by atoms with Gasteiger partial charge in [-0.25, -0.2) is 0 Å². The highest BCUT2D eigenvalue weighted by Gasteiger charge is 2.46. The minimum Gasteiger partial charge on any atom is -0.490 e. The molecule has 206 valence electrons. The molecule has 5 rings (SSSR count). The monoisotopic (exact) mass is 567 g/mol. The molecule has 0 saturated carbocycles. The molecular weight excluding hydrogens is 533 g/mol. The summed E-state index contributed by atoms with van der Waals surface area (Å²) in [4.78, 5) is 27.3. The third kappa shape index (κ3) is 5.49. The molecule has 0 aromatic heterocycles. The Bertz CT molecular complexity index is 1370. The minimum absolute atomic E-state index is 0.0658. The van der Waals surface area contributed by atoms with Gasteiger partial charge in [-0.15, -0.1) is 0 Å². The third-order valence-electron chi connectivity index (χ3n) is 7.71. The molecule has 5 nitrogen and oxygen atoms in total. The Balaban J connectivity index is 1.62. The summed E-state index contributed by atoms with van der Waals surface area (Å²) in [6.45, 7) is 11.0. The van der Waals surface area contributed by atoms with E-state index in [4.69, 9.17) is 32.7 Å². The molecule has 0 bridgehead atoms. The number of halogens is 2. The van der Waals surface area contributed by atoms with Gasteiger partial charge in [0.15, 0.2) is 23.1 Å². The van der Waals surface area contributed by atoms with E-state index in [1.807, 2.05) is 43.3 Å². The molecule has 2 aliphatic carbocycles. The minimum atomic E-state index is -0.502. The van der Waals surface area contributed by atoms with Gasteiger partial charge in [0, 0.05) is 51.9 Å². The van der Waals surface area contributed by atoms with E-state index in [0.29, 0.717) is 52.1 Å². The van der Waals surface area contributed by atoms with Crippen LogP contribution in [0.4, 0.5) is 0 Å². The Morgan fingerprint density at radius 1 is 0.846 bits per heavy atom. The van der Waals surface area contributed by atoms with Crippen molar-refractivity contribution in [3.05, 3.63) is 80.1 Å². The summed E-state index contributed by atoms with van der Waals surface area (Å²) in [6.07, 6.45) is 2.33. The molecule has 0 unspecified atom stereocenters. The SMILES string of the molecule is CCOc1cc(C2C3=C(CC(C)(C)CC3=O)NC3=C2C(=O)CC(C)(C)C3)cc(Cl)c1OCc1ccccc1Cl. The van der Waals surface area contributed by atoms with Crippen LogP contribution in [0, 0.1) is 10.8 Å². The average molecular weight is 569 g/mol. The molecule has 7 heteroatoms. The van der Waals surface area contributed by atoms with Gasteiger partial charge in [-0.2, -0.15) is 0 Å². The first-order valence-corrected chi connectivity index (χ1v) is 14.3. The van der Waals surface area contributed by atoms with Crippen molar-refractivity contribution in [2.24, 2.45) is 10.8 Å². The maximum atomic E-state index is 13.7. The fourth-order valence-electron chi connectivity index (χ4n) is 6.15. The molecule has 0 radical (unpaired) electrons. The second kappa shape index (κ2) is 10.3. The fourth-order valence-corrected chi connectivity index (χ4v) is 6.61. The van der Waals surface area contributed by atoms with Gasteiger partial charge in [-0.3, -0.25) is 9.59 Å². The third-order valence-corrected chi connectivity index (χ3v) is 8.36. The van der Waals surface area contributed by atoms with E-state index >= 15 is 0 Å². The number of benzene rings is 2. The highest BCUT2D eigenvalue weighted by molar-refractivity contribution is 6.32. The number of hydrogen-bond donors (Lipinski definition) is 1. The standard InChI is InChI=1S/C32H35Cl2NO4/c1-6-38-26-12-19(11-21(34)30(26)39-17-18-9-7-8-10-20(18)33)27-28-22(13-31(2,3)15-24(28)36)35-23-14-32(4,5)16-25(37)29(23)27/h7-12,27,35H,6,13-17H2,1-5H3. The summed E-state index contributed by atoms with van der Waals surface area (Å²) < 4.78 is 12.1. The van der Waals surface area contributed by atoms with Crippen molar-refractivity contribution in [1.29, 1.82) is 0 Å². The Morgan fingerprint density at radius 2 is 1.44 bits per heavy atom. The maximum Gasteiger partial charge on any atom is 0.180 e. The Kier molecular flexibility index (Phi) is 7.36. The number of ketones is 2. The first-order chi connectivity index (χ1) is 18.4. The van der Waals surface area contributed by atoms with E-state index in [0.717, 1.165) is 35.4 Å². The topological polar surface area (TPSA) is 64.6 Å². The molecule has 0 spiro atoms. The molecule has 1 N–H and O–H groups in total. The number of Topliss-reactive ketones (excluding diaryl/α,β-unsaturated/α-hetero) is 2. The highest BCUT2D eigenvalue weighted by atomic mass is 35.5. The average Bonchev–Trinajstić information content (AvgIpc) is 2.81. The van der Waals surface area contributed by atoms with Crippen molar-refractivity contribution >= 4 is 34.8 Å². The van der Waals surface area contributed by atoms with Gasteiger partial charge in [0.05, 0.1) is 11.6 Å².